The Morgan fingerprint density at radius 3 is 2.50 bits per heavy atom. The molecule has 1 aliphatic heterocycles. The second-order valence-electron chi connectivity index (χ2n) is 5.78. The lowest BCUT2D eigenvalue weighted by Gasteiger charge is -2.35. The van der Waals surface area contributed by atoms with E-state index < -0.39 is 0 Å². The van der Waals surface area contributed by atoms with E-state index in [0.717, 1.165) is 39.3 Å². The molecule has 1 amide bonds. The number of rotatable bonds is 4. The molecule has 0 radical (unpaired) electrons. The van der Waals surface area contributed by atoms with Crippen LogP contribution in [0.5, 0.6) is 0 Å². The first kappa shape index (κ1) is 14.8. The van der Waals surface area contributed by atoms with E-state index in [1.165, 1.54) is 0 Å². The summed E-state index contributed by atoms with van der Waals surface area (Å²) in [6, 6.07) is 0. The largest absolute Gasteiger partial charge is 0.396 e. The van der Waals surface area contributed by atoms with Gasteiger partial charge in [0.15, 0.2) is 5.69 Å². The number of nitrogens with two attached hydrogens (primary N) is 1. The van der Waals surface area contributed by atoms with E-state index in [2.05, 4.69) is 23.8 Å². The highest BCUT2D eigenvalue weighted by Crippen LogP contribution is 2.14. The summed E-state index contributed by atoms with van der Waals surface area (Å²) in [6.45, 7) is 11.6. The molecule has 6 nitrogen and oxygen atoms in total. The number of piperazine rings is 1. The van der Waals surface area contributed by atoms with Crippen LogP contribution in [0.3, 0.4) is 0 Å². The van der Waals surface area contributed by atoms with Crippen molar-refractivity contribution < 1.29 is 4.79 Å². The molecule has 2 N–H and O–H groups in total. The monoisotopic (exact) mass is 279 g/mol. The summed E-state index contributed by atoms with van der Waals surface area (Å²) in [5, 5.41) is 4.26. The second-order valence-corrected chi connectivity index (χ2v) is 5.78. The molecular formula is C14H25N5O. The minimum Gasteiger partial charge on any atom is -0.396 e. The van der Waals surface area contributed by atoms with Crippen LogP contribution in [0.2, 0.25) is 0 Å². The average Bonchev–Trinajstić information content (AvgIpc) is 2.79. The first-order valence-electron chi connectivity index (χ1n) is 7.35. The minimum absolute atomic E-state index is 0.0427. The standard InChI is InChI=1S/C14H25N5O/c1-4-19-10-12(15)13(16-19)14(20)18-7-5-17(6-8-18)9-11(2)3/h10-11H,4-9,15H2,1-3H3. The summed E-state index contributed by atoms with van der Waals surface area (Å²) in [7, 11) is 0. The van der Waals surface area contributed by atoms with Crippen molar-refractivity contribution >= 4 is 11.6 Å². The minimum atomic E-state index is -0.0427. The zero-order chi connectivity index (χ0) is 14.7. The van der Waals surface area contributed by atoms with Gasteiger partial charge in [-0.05, 0) is 12.8 Å². The van der Waals surface area contributed by atoms with Crippen molar-refractivity contribution in [1.82, 2.24) is 19.6 Å². The zero-order valence-electron chi connectivity index (χ0n) is 12.7. The third kappa shape index (κ3) is 3.30. The molecule has 1 saturated heterocycles. The van der Waals surface area contributed by atoms with Crippen molar-refractivity contribution in [3.8, 4) is 0 Å². The van der Waals surface area contributed by atoms with Crippen LogP contribution in [-0.2, 0) is 6.54 Å². The molecular weight excluding hydrogens is 254 g/mol. The fourth-order valence-electron chi connectivity index (χ4n) is 2.56. The van der Waals surface area contributed by atoms with Crippen molar-refractivity contribution in [1.29, 1.82) is 0 Å². The van der Waals surface area contributed by atoms with Gasteiger partial charge in [-0.15, -0.1) is 0 Å². The van der Waals surface area contributed by atoms with Crippen molar-refractivity contribution in [3.63, 3.8) is 0 Å². The van der Waals surface area contributed by atoms with E-state index in [1.54, 1.807) is 10.9 Å². The number of nitrogens with zero attached hydrogens (tertiary/aromatic N) is 4. The molecule has 0 atom stereocenters. The molecule has 1 aromatic rings. The van der Waals surface area contributed by atoms with Crippen molar-refractivity contribution in [2.75, 3.05) is 38.5 Å². The summed E-state index contributed by atoms with van der Waals surface area (Å²) in [5.74, 6) is 0.618. The fourth-order valence-corrected chi connectivity index (χ4v) is 2.56. The van der Waals surface area contributed by atoms with Crippen molar-refractivity contribution in [2.24, 2.45) is 5.92 Å². The SMILES string of the molecule is CCn1cc(N)c(C(=O)N2CCN(CC(C)C)CC2)n1. The van der Waals surface area contributed by atoms with Gasteiger partial charge in [0.25, 0.3) is 5.91 Å². The predicted molar refractivity (Wildman–Crippen MR) is 79.5 cm³/mol. The Kier molecular flexibility index (Phi) is 4.65. The maximum absolute atomic E-state index is 12.4. The third-order valence-electron chi connectivity index (χ3n) is 3.60. The van der Waals surface area contributed by atoms with Gasteiger partial charge >= 0.3 is 0 Å². The Balaban J connectivity index is 1.96. The highest BCUT2D eigenvalue weighted by atomic mass is 16.2. The molecule has 112 valence electrons. The topological polar surface area (TPSA) is 67.4 Å². The summed E-state index contributed by atoms with van der Waals surface area (Å²) in [5.41, 5.74) is 6.74. The summed E-state index contributed by atoms with van der Waals surface area (Å²) in [4.78, 5) is 16.7. The van der Waals surface area contributed by atoms with Gasteiger partial charge in [0, 0.05) is 45.5 Å². The number of carbonyl (C=O) groups is 1. The van der Waals surface area contributed by atoms with Gasteiger partial charge in [-0.3, -0.25) is 14.4 Å². The molecule has 2 heterocycles. The maximum atomic E-state index is 12.4. The van der Waals surface area contributed by atoms with Gasteiger partial charge in [-0.2, -0.15) is 5.10 Å². The molecule has 20 heavy (non-hydrogen) atoms. The van der Waals surface area contributed by atoms with Gasteiger partial charge in [-0.25, -0.2) is 0 Å². The van der Waals surface area contributed by atoms with Crippen LogP contribution in [0.1, 0.15) is 31.3 Å². The Morgan fingerprint density at radius 1 is 1.35 bits per heavy atom. The molecule has 1 fully saturated rings. The summed E-state index contributed by atoms with van der Waals surface area (Å²) in [6.07, 6.45) is 1.72. The van der Waals surface area contributed by atoms with Crippen LogP contribution >= 0.6 is 0 Å². The number of hydrogen-bond acceptors (Lipinski definition) is 4. The van der Waals surface area contributed by atoms with Crippen LogP contribution in [0.25, 0.3) is 0 Å². The smallest absolute Gasteiger partial charge is 0.276 e. The summed E-state index contributed by atoms with van der Waals surface area (Å²) < 4.78 is 1.71. The van der Waals surface area contributed by atoms with Crippen LogP contribution in [-0.4, -0.2) is 58.2 Å². The number of aryl methyl sites for hydroxylation is 1. The lowest BCUT2D eigenvalue weighted by Crippen LogP contribution is -2.49. The molecule has 0 unspecified atom stereocenters. The molecule has 0 spiro atoms. The maximum Gasteiger partial charge on any atom is 0.276 e. The van der Waals surface area contributed by atoms with E-state index in [4.69, 9.17) is 5.73 Å². The van der Waals surface area contributed by atoms with E-state index in [1.807, 2.05) is 11.8 Å². The van der Waals surface area contributed by atoms with E-state index in [9.17, 15) is 4.79 Å². The van der Waals surface area contributed by atoms with E-state index in [0.29, 0.717) is 17.3 Å². The first-order chi connectivity index (χ1) is 9.51. The number of anilines is 1. The Hall–Kier alpha value is -1.56. The van der Waals surface area contributed by atoms with Gasteiger partial charge in [0.05, 0.1) is 5.69 Å². The number of nitrogen functional groups attached to an aromatic ring is 1. The van der Waals surface area contributed by atoms with Crippen LogP contribution in [0.15, 0.2) is 6.20 Å². The number of amides is 1. The number of aromatic nitrogens is 2. The van der Waals surface area contributed by atoms with Crippen LogP contribution in [0.4, 0.5) is 5.69 Å². The lowest BCUT2D eigenvalue weighted by atomic mass is 10.2. The van der Waals surface area contributed by atoms with Gasteiger partial charge in [0.1, 0.15) is 0 Å². The number of carbonyl (C=O) groups excluding carboxylic acids is 1. The van der Waals surface area contributed by atoms with Gasteiger partial charge < -0.3 is 10.6 Å². The summed E-state index contributed by atoms with van der Waals surface area (Å²) >= 11 is 0. The molecule has 0 saturated carbocycles. The predicted octanol–water partition coefficient (Wildman–Crippen LogP) is 0.899. The quantitative estimate of drug-likeness (QED) is 0.889. The van der Waals surface area contributed by atoms with E-state index >= 15 is 0 Å². The fraction of sp³-hybridized carbons (Fsp3) is 0.714. The van der Waals surface area contributed by atoms with Gasteiger partial charge in [0.2, 0.25) is 0 Å². The molecule has 1 aliphatic rings. The Labute approximate surface area is 120 Å². The van der Waals surface area contributed by atoms with E-state index in [-0.39, 0.29) is 5.91 Å². The Bertz CT molecular complexity index is 460. The molecule has 0 aromatic carbocycles. The molecule has 0 bridgehead atoms. The molecule has 1 aromatic heterocycles. The Morgan fingerprint density at radius 2 is 2.00 bits per heavy atom. The third-order valence-corrected chi connectivity index (χ3v) is 3.60. The van der Waals surface area contributed by atoms with Crippen molar-refractivity contribution in [2.45, 2.75) is 27.3 Å². The molecule has 0 aliphatic carbocycles. The highest BCUT2D eigenvalue weighted by Gasteiger charge is 2.25. The molecule has 6 heteroatoms. The number of hydrogen-bond donors (Lipinski definition) is 1. The highest BCUT2D eigenvalue weighted by molar-refractivity contribution is 5.97. The van der Waals surface area contributed by atoms with Crippen molar-refractivity contribution in [3.05, 3.63) is 11.9 Å². The van der Waals surface area contributed by atoms with Gasteiger partial charge in [-0.1, -0.05) is 13.8 Å². The van der Waals surface area contributed by atoms with Crippen LogP contribution in [0, 0.1) is 5.92 Å². The van der Waals surface area contributed by atoms with Crippen LogP contribution < -0.4 is 5.73 Å². The average molecular weight is 279 g/mol. The lowest BCUT2D eigenvalue weighted by molar-refractivity contribution is 0.0618. The zero-order valence-corrected chi connectivity index (χ0v) is 12.7. The second kappa shape index (κ2) is 6.26. The first-order valence-corrected chi connectivity index (χ1v) is 7.35. The normalized spacial score (nSPS) is 16.9. The molecule has 2 rings (SSSR count).